The van der Waals surface area contributed by atoms with Crippen LogP contribution in [0.4, 0.5) is 0 Å². The van der Waals surface area contributed by atoms with E-state index >= 15 is 0 Å². The third kappa shape index (κ3) is 3.84. The molecule has 15 heteroatoms. The van der Waals surface area contributed by atoms with Crippen LogP contribution in [-0.2, 0) is 30.3 Å². The van der Waals surface area contributed by atoms with E-state index in [-0.39, 0.29) is 33.2 Å². The molecule has 2 N–H and O–H groups in total. The second-order valence-electron chi connectivity index (χ2n) is 6.49. The highest BCUT2D eigenvalue weighted by atomic mass is 32.2. The van der Waals surface area contributed by atoms with Crippen LogP contribution in [0.15, 0.2) is 26.8 Å². The minimum absolute atomic E-state index is 0.0425. The van der Waals surface area contributed by atoms with Gasteiger partial charge in [0.05, 0.1) is 6.42 Å². The number of rotatable bonds is 7. The van der Waals surface area contributed by atoms with Crippen molar-refractivity contribution < 1.29 is 24.3 Å². The molecule has 1 saturated heterocycles. The molecular formula is C16H12N4O6S5. The van der Waals surface area contributed by atoms with E-state index in [1.54, 1.807) is 5.38 Å². The van der Waals surface area contributed by atoms with Gasteiger partial charge in [0, 0.05) is 27.0 Å². The van der Waals surface area contributed by atoms with Crippen molar-refractivity contribution in [1.82, 2.24) is 19.8 Å². The molecular weight excluding hydrogens is 505 g/mol. The monoisotopic (exact) mass is 516 g/mol. The van der Waals surface area contributed by atoms with Crippen LogP contribution in [0.5, 0.6) is 0 Å². The summed E-state index contributed by atoms with van der Waals surface area (Å²) in [4.78, 5) is 61.9. The molecule has 2 aromatic rings. The molecule has 0 radical (unpaired) electrons. The first-order chi connectivity index (χ1) is 14.8. The Balaban J connectivity index is 1.58. The molecule has 4 heterocycles. The topological polar surface area (TPSA) is 147 Å². The van der Waals surface area contributed by atoms with Crippen molar-refractivity contribution in [2.45, 2.75) is 22.6 Å². The van der Waals surface area contributed by atoms with Gasteiger partial charge in [-0.15, -0.1) is 16.9 Å². The summed E-state index contributed by atoms with van der Waals surface area (Å²) in [5.41, 5.74) is -0.0462. The minimum Gasteiger partial charge on any atom is -0.477 e. The van der Waals surface area contributed by atoms with Gasteiger partial charge in [0.25, 0.3) is 9.96 Å². The highest BCUT2D eigenvalue weighted by molar-refractivity contribution is 8.00. The SMILES string of the molecule is O=CC(S)(C1=C(C(=O)O)N2C(=O)C(NC(=O)Cc3csc(=O)s3)C2SC1)c1csnn1. The quantitative estimate of drug-likeness (QED) is 0.269. The summed E-state index contributed by atoms with van der Waals surface area (Å²) in [6, 6.07) is -0.907. The number of nitrogens with zero attached hydrogens (tertiary/aromatic N) is 3. The Morgan fingerprint density at radius 2 is 2.16 bits per heavy atom. The first-order valence-electron chi connectivity index (χ1n) is 8.51. The van der Waals surface area contributed by atoms with Crippen LogP contribution in [-0.4, -0.2) is 60.8 Å². The lowest BCUT2D eigenvalue weighted by molar-refractivity contribution is -0.150. The number of thiol groups is 1. The average molecular weight is 517 g/mol. The fourth-order valence-corrected chi connectivity index (χ4v) is 7.42. The van der Waals surface area contributed by atoms with Crippen LogP contribution in [0.1, 0.15) is 10.6 Å². The smallest absolute Gasteiger partial charge is 0.352 e. The van der Waals surface area contributed by atoms with Crippen LogP contribution < -0.4 is 9.37 Å². The summed E-state index contributed by atoms with van der Waals surface area (Å²) in [6.07, 6.45) is 0.432. The number of aliphatic carboxylic acids is 1. The van der Waals surface area contributed by atoms with Gasteiger partial charge in [-0.1, -0.05) is 27.2 Å². The zero-order valence-corrected chi connectivity index (χ0v) is 19.4. The maximum atomic E-state index is 12.8. The maximum Gasteiger partial charge on any atom is 0.352 e. The standard InChI is InChI=1S/C16H12N4O6S5/c21-5-16(27,8-4-30-19-18-8)7-3-28-13-10(12(23)20(13)11(7)14(24)25)17-9(22)1-6-2-29-15(26)31-6/h2,4-5,10,13,27H,1,3H2,(H,17,22)(H,24,25). The van der Waals surface area contributed by atoms with Gasteiger partial charge in [0.1, 0.15) is 33.8 Å². The summed E-state index contributed by atoms with van der Waals surface area (Å²) in [6.45, 7) is 0. The van der Waals surface area contributed by atoms with Crippen molar-refractivity contribution in [3.05, 3.63) is 41.5 Å². The van der Waals surface area contributed by atoms with Crippen molar-refractivity contribution in [3.63, 3.8) is 0 Å². The van der Waals surface area contributed by atoms with E-state index < -0.39 is 33.9 Å². The normalized spacial score (nSPS) is 22.4. The molecule has 4 rings (SSSR count). The number of aromatic nitrogens is 2. The second kappa shape index (κ2) is 8.46. The highest BCUT2D eigenvalue weighted by Gasteiger charge is 2.56. The molecule has 2 aliphatic heterocycles. The van der Waals surface area contributed by atoms with Gasteiger partial charge >= 0.3 is 5.97 Å². The van der Waals surface area contributed by atoms with Crippen molar-refractivity contribution >= 4 is 82.7 Å². The molecule has 0 aliphatic carbocycles. The zero-order chi connectivity index (χ0) is 22.3. The number of fused-ring (bicyclic) bond motifs is 1. The van der Waals surface area contributed by atoms with E-state index in [9.17, 15) is 29.1 Å². The summed E-state index contributed by atoms with van der Waals surface area (Å²) < 4.78 is 1.93. The number of carboxylic acid groups (broad SMARTS) is 1. The number of hydrogen-bond acceptors (Lipinski definition) is 12. The molecule has 3 atom stereocenters. The van der Waals surface area contributed by atoms with Crippen molar-refractivity contribution in [2.75, 3.05) is 5.75 Å². The minimum atomic E-state index is -1.65. The molecule has 1 fully saturated rings. The molecule has 2 amide bonds. The number of carboxylic acids is 1. The number of nitrogens with one attached hydrogen (secondary N) is 1. The van der Waals surface area contributed by atoms with Gasteiger partial charge in [0.2, 0.25) is 5.91 Å². The molecule has 0 saturated carbocycles. The van der Waals surface area contributed by atoms with Crippen molar-refractivity contribution in [1.29, 1.82) is 0 Å². The maximum absolute atomic E-state index is 12.8. The lowest BCUT2D eigenvalue weighted by Crippen LogP contribution is -2.71. The molecule has 10 nitrogen and oxygen atoms in total. The number of amides is 2. The van der Waals surface area contributed by atoms with Crippen LogP contribution in [0.3, 0.4) is 0 Å². The largest absolute Gasteiger partial charge is 0.477 e. The first kappa shape index (κ1) is 22.1. The van der Waals surface area contributed by atoms with Crippen LogP contribution in [0.25, 0.3) is 0 Å². The van der Waals surface area contributed by atoms with Crippen molar-refractivity contribution in [2.24, 2.45) is 0 Å². The van der Waals surface area contributed by atoms with E-state index in [0.717, 1.165) is 39.1 Å². The van der Waals surface area contributed by atoms with E-state index in [0.29, 0.717) is 11.2 Å². The number of hydrogen-bond donors (Lipinski definition) is 3. The third-order valence-corrected chi connectivity index (χ3v) is 9.07. The molecule has 0 bridgehead atoms. The summed E-state index contributed by atoms with van der Waals surface area (Å²) in [5, 5.41) is 18.7. The number of aldehydes is 1. The number of β-lactam (4-membered cyclic amide) rings is 1. The summed E-state index contributed by atoms with van der Waals surface area (Å²) >= 11 is 8.57. The van der Waals surface area contributed by atoms with E-state index in [4.69, 9.17) is 0 Å². The van der Waals surface area contributed by atoms with Crippen LogP contribution in [0, 0.1) is 0 Å². The van der Waals surface area contributed by atoms with Crippen LogP contribution in [0.2, 0.25) is 0 Å². The van der Waals surface area contributed by atoms with E-state index in [2.05, 4.69) is 27.5 Å². The molecule has 0 aromatic carbocycles. The zero-order valence-electron chi connectivity index (χ0n) is 15.2. The molecule has 162 valence electrons. The number of thioether (sulfide) groups is 1. The molecule has 2 aliphatic rings. The number of carbonyl (C=O) groups is 4. The van der Waals surface area contributed by atoms with E-state index in [1.165, 1.54) is 17.1 Å². The van der Waals surface area contributed by atoms with Gasteiger partial charge < -0.3 is 15.2 Å². The molecule has 2 aromatic heterocycles. The number of carbonyl (C=O) groups excluding carboxylic acids is 3. The van der Waals surface area contributed by atoms with Gasteiger partial charge in [-0.2, -0.15) is 12.6 Å². The Kier molecular flexibility index (Phi) is 6.04. The molecule has 31 heavy (non-hydrogen) atoms. The fraction of sp³-hybridized carbons (Fsp3) is 0.312. The lowest BCUT2D eigenvalue weighted by atomic mass is 9.92. The Labute approximate surface area is 195 Å². The van der Waals surface area contributed by atoms with E-state index in [1.807, 2.05) is 0 Å². The first-order valence-corrected chi connectivity index (χ1v) is 12.5. The Morgan fingerprint density at radius 1 is 1.39 bits per heavy atom. The molecule has 0 spiro atoms. The van der Waals surface area contributed by atoms with Crippen molar-refractivity contribution in [3.8, 4) is 0 Å². The third-order valence-electron chi connectivity index (χ3n) is 4.70. The Bertz CT molecular complexity index is 1160. The average Bonchev–Trinajstić information content (AvgIpc) is 3.42. The second-order valence-corrected chi connectivity index (χ2v) is 11.1. The van der Waals surface area contributed by atoms with Gasteiger partial charge in [0.15, 0.2) is 0 Å². The Hall–Kier alpha value is -2.07. The summed E-state index contributed by atoms with van der Waals surface area (Å²) in [7, 11) is 0. The predicted octanol–water partition coefficient (Wildman–Crippen LogP) is 0.327. The molecule has 3 unspecified atom stereocenters. The Morgan fingerprint density at radius 3 is 2.74 bits per heavy atom. The van der Waals surface area contributed by atoms with Gasteiger partial charge in [-0.05, 0) is 11.5 Å². The lowest BCUT2D eigenvalue weighted by Gasteiger charge is -2.50. The van der Waals surface area contributed by atoms with Crippen LogP contribution >= 0.6 is 58.6 Å². The fourth-order valence-electron chi connectivity index (χ4n) is 3.26. The summed E-state index contributed by atoms with van der Waals surface area (Å²) in [5.74, 6) is -2.33. The highest BCUT2D eigenvalue weighted by Crippen LogP contribution is 2.47. The predicted molar refractivity (Wildman–Crippen MR) is 118 cm³/mol. The van der Waals surface area contributed by atoms with Gasteiger partial charge in [-0.3, -0.25) is 19.3 Å². The van der Waals surface area contributed by atoms with Gasteiger partial charge in [-0.25, -0.2) is 4.79 Å².